The molecule has 4 rings (SSSR count). The van der Waals surface area contributed by atoms with Gasteiger partial charge in [0.25, 0.3) is 5.91 Å². The van der Waals surface area contributed by atoms with Gasteiger partial charge < -0.3 is 10.3 Å². The highest BCUT2D eigenvalue weighted by Gasteiger charge is 2.30. The standard InChI is InChI=1S/C22H21ClF3N3O/c23-19-17-6-1-2-7-18(17)28-20(19)21(30)27-16-8-10-29(11-9-16)13-14-4-3-5-15(12-14)22(24,25)26/h1-7,12,16,28H,8-11,13H2,(H,27,30). The predicted octanol–water partition coefficient (Wildman–Crippen LogP) is 5.23. The highest BCUT2D eigenvalue weighted by molar-refractivity contribution is 6.38. The molecule has 30 heavy (non-hydrogen) atoms. The van der Waals surface area contributed by atoms with Gasteiger partial charge >= 0.3 is 6.18 Å². The summed E-state index contributed by atoms with van der Waals surface area (Å²) in [6.45, 7) is 1.85. The topological polar surface area (TPSA) is 48.1 Å². The number of fused-ring (bicyclic) bond motifs is 1. The zero-order chi connectivity index (χ0) is 21.3. The fourth-order valence-electron chi connectivity index (χ4n) is 3.86. The Hall–Kier alpha value is -2.51. The molecule has 1 aliphatic heterocycles. The molecular weight excluding hydrogens is 415 g/mol. The number of halogens is 4. The van der Waals surface area contributed by atoms with E-state index in [0.717, 1.165) is 29.8 Å². The van der Waals surface area contributed by atoms with Crippen LogP contribution in [-0.2, 0) is 12.7 Å². The molecule has 0 radical (unpaired) electrons. The molecule has 4 nitrogen and oxygen atoms in total. The Kier molecular flexibility index (Phi) is 5.75. The number of benzene rings is 2. The molecule has 1 amide bonds. The van der Waals surface area contributed by atoms with Gasteiger partial charge in [0.05, 0.1) is 10.6 Å². The summed E-state index contributed by atoms with van der Waals surface area (Å²) in [4.78, 5) is 17.8. The number of para-hydroxylation sites is 1. The quantitative estimate of drug-likeness (QED) is 0.589. The zero-order valence-electron chi connectivity index (χ0n) is 16.1. The van der Waals surface area contributed by atoms with Gasteiger partial charge in [-0.05, 0) is 30.5 Å². The van der Waals surface area contributed by atoms with E-state index in [1.165, 1.54) is 12.1 Å². The number of rotatable bonds is 4. The number of amides is 1. The van der Waals surface area contributed by atoms with E-state index < -0.39 is 11.7 Å². The molecule has 3 aromatic rings. The van der Waals surface area contributed by atoms with Crippen LogP contribution in [0.25, 0.3) is 10.9 Å². The van der Waals surface area contributed by atoms with Crippen molar-refractivity contribution < 1.29 is 18.0 Å². The second-order valence-electron chi connectivity index (χ2n) is 7.58. The number of alkyl halides is 3. The van der Waals surface area contributed by atoms with Crippen molar-refractivity contribution in [3.63, 3.8) is 0 Å². The summed E-state index contributed by atoms with van der Waals surface area (Å²) >= 11 is 6.35. The molecule has 2 aromatic carbocycles. The number of nitrogens with zero attached hydrogens (tertiary/aromatic N) is 1. The van der Waals surface area contributed by atoms with E-state index in [-0.39, 0.29) is 11.9 Å². The Morgan fingerprint density at radius 3 is 2.57 bits per heavy atom. The van der Waals surface area contributed by atoms with Gasteiger partial charge in [-0.3, -0.25) is 9.69 Å². The summed E-state index contributed by atoms with van der Waals surface area (Å²) in [5.74, 6) is -0.243. The number of H-pyrrole nitrogens is 1. The van der Waals surface area contributed by atoms with Gasteiger partial charge in [-0.25, -0.2) is 0 Å². The third kappa shape index (κ3) is 4.47. The van der Waals surface area contributed by atoms with Gasteiger partial charge in [0.15, 0.2) is 0 Å². The Morgan fingerprint density at radius 1 is 1.13 bits per heavy atom. The van der Waals surface area contributed by atoms with Crippen molar-refractivity contribution in [3.05, 3.63) is 70.4 Å². The highest BCUT2D eigenvalue weighted by Crippen LogP contribution is 2.30. The molecule has 1 fully saturated rings. The monoisotopic (exact) mass is 435 g/mol. The Balaban J connectivity index is 1.33. The van der Waals surface area contributed by atoms with Crippen LogP contribution in [-0.4, -0.2) is 34.9 Å². The number of likely N-dealkylation sites (tertiary alicyclic amines) is 1. The van der Waals surface area contributed by atoms with E-state index in [9.17, 15) is 18.0 Å². The first-order valence-electron chi connectivity index (χ1n) is 9.77. The van der Waals surface area contributed by atoms with E-state index in [1.807, 2.05) is 24.3 Å². The van der Waals surface area contributed by atoms with Crippen molar-refractivity contribution in [2.75, 3.05) is 13.1 Å². The highest BCUT2D eigenvalue weighted by atomic mass is 35.5. The van der Waals surface area contributed by atoms with Crippen LogP contribution in [0.5, 0.6) is 0 Å². The van der Waals surface area contributed by atoms with Crippen molar-refractivity contribution in [1.29, 1.82) is 0 Å². The normalized spacial score (nSPS) is 16.1. The van der Waals surface area contributed by atoms with E-state index in [0.29, 0.717) is 35.9 Å². The summed E-state index contributed by atoms with van der Waals surface area (Å²) < 4.78 is 38.7. The molecule has 158 valence electrons. The maximum absolute atomic E-state index is 12.9. The van der Waals surface area contributed by atoms with Gasteiger partial charge in [-0.15, -0.1) is 0 Å². The third-order valence-electron chi connectivity index (χ3n) is 5.45. The van der Waals surface area contributed by atoms with Crippen LogP contribution in [0.3, 0.4) is 0 Å². The Morgan fingerprint density at radius 2 is 1.87 bits per heavy atom. The van der Waals surface area contributed by atoms with Gasteiger partial charge in [0.1, 0.15) is 5.69 Å². The number of nitrogens with one attached hydrogen (secondary N) is 2. The van der Waals surface area contributed by atoms with Crippen LogP contribution in [0.4, 0.5) is 13.2 Å². The number of carbonyl (C=O) groups excluding carboxylic acids is 1. The largest absolute Gasteiger partial charge is 0.416 e. The van der Waals surface area contributed by atoms with Gasteiger partial charge in [0, 0.05) is 36.6 Å². The number of piperidine rings is 1. The smallest absolute Gasteiger partial charge is 0.349 e. The minimum Gasteiger partial charge on any atom is -0.349 e. The summed E-state index contributed by atoms with van der Waals surface area (Å²) in [5, 5.41) is 4.23. The average molecular weight is 436 g/mol. The van der Waals surface area contributed by atoms with Crippen LogP contribution in [0.1, 0.15) is 34.5 Å². The first kappa shape index (κ1) is 20.8. The van der Waals surface area contributed by atoms with Gasteiger partial charge in [0.2, 0.25) is 0 Å². The predicted molar refractivity (Wildman–Crippen MR) is 111 cm³/mol. The van der Waals surface area contributed by atoms with Crippen LogP contribution in [0, 0.1) is 0 Å². The average Bonchev–Trinajstić information content (AvgIpc) is 3.06. The third-order valence-corrected chi connectivity index (χ3v) is 5.85. The summed E-state index contributed by atoms with van der Waals surface area (Å²) in [6.07, 6.45) is -2.89. The molecule has 0 bridgehead atoms. The van der Waals surface area contributed by atoms with Crippen LogP contribution in [0.15, 0.2) is 48.5 Å². The first-order chi connectivity index (χ1) is 14.3. The second kappa shape index (κ2) is 8.32. The molecule has 2 N–H and O–H groups in total. The molecular formula is C22H21ClF3N3O. The fraction of sp³-hybridized carbons (Fsp3) is 0.318. The van der Waals surface area contributed by atoms with E-state index in [4.69, 9.17) is 11.6 Å². The maximum Gasteiger partial charge on any atom is 0.416 e. The van der Waals surface area contributed by atoms with E-state index >= 15 is 0 Å². The van der Waals surface area contributed by atoms with Crippen molar-refractivity contribution in [3.8, 4) is 0 Å². The van der Waals surface area contributed by atoms with Crippen LogP contribution in [0.2, 0.25) is 5.02 Å². The first-order valence-corrected chi connectivity index (χ1v) is 10.1. The number of aromatic amines is 1. The number of hydrogen-bond acceptors (Lipinski definition) is 2. The SMILES string of the molecule is O=C(NC1CCN(Cc2cccc(C(F)(F)F)c2)CC1)c1[nH]c2ccccc2c1Cl. The lowest BCUT2D eigenvalue weighted by Gasteiger charge is -2.32. The van der Waals surface area contributed by atoms with Crippen molar-refractivity contribution in [2.24, 2.45) is 0 Å². The maximum atomic E-state index is 12.9. The van der Waals surface area contributed by atoms with Gasteiger partial charge in [-0.2, -0.15) is 13.2 Å². The molecule has 8 heteroatoms. The number of aromatic nitrogens is 1. The Bertz CT molecular complexity index is 1060. The number of hydrogen-bond donors (Lipinski definition) is 2. The molecule has 1 aliphatic rings. The minimum absolute atomic E-state index is 0.00209. The van der Waals surface area contributed by atoms with Crippen molar-refractivity contribution in [2.45, 2.75) is 31.6 Å². The minimum atomic E-state index is -4.34. The molecule has 1 saturated heterocycles. The lowest BCUT2D eigenvalue weighted by atomic mass is 10.0. The Labute approximate surface area is 177 Å². The summed E-state index contributed by atoms with van der Waals surface area (Å²) in [5.41, 5.74) is 1.17. The van der Waals surface area contributed by atoms with Crippen LogP contribution < -0.4 is 5.32 Å². The van der Waals surface area contributed by atoms with Crippen molar-refractivity contribution >= 4 is 28.4 Å². The van der Waals surface area contributed by atoms with Gasteiger partial charge in [-0.1, -0.05) is 48.0 Å². The van der Waals surface area contributed by atoms with Crippen molar-refractivity contribution in [1.82, 2.24) is 15.2 Å². The molecule has 0 atom stereocenters. The molecule has 0 aliphatic carbocycles. The second-order valence-corrected chi connectivity index (χ2v) is 7.96. The lowest BCUT2D eigenvalue weighted by molar-refractivity contribution is -0.137. The van der Waals surface area contributed by atoms with E-state index in [1.54, 1.807) is 6.07 Å². The molecule has 0 saturated carbocycles. The molecule has 1 aromatic heterocycles. The van der Waals surface area contributed by atoms with Crippen LogP contribution >= 0.6 is 11.6 Å². The molecule has 0 spiro atoms. The van der Waals surface area contributed by atoms with E-state index in [2.05, 4.69) is 15.2 Å². The molecule has 2 heterocycles. The molecule has 0 unspecified atom stereocenters. The summed E-state index contributed by atoms with van der Waals surface area (Å²) in [7, 11) is 0. The summed E-state index contributed by atoms with van der Waals surface area (Å²) in [6, 6.07) is 12.9. The zero-order valence-corrected chi connectivity index (χ0v) is 16.9. The number of carbonyl (C=O) groups is 1. The lowest BCUT2D eigenvalue weighted by Crippen LogP contribution is -2.44. The fourth-order valence-corrected chi connectivity index (χ4v) is 4.16.